The number of aromatic nitrogens is 2. The molecule has 2 aromatic carbocycles. The summed E-state index contributed by atoms with van der Waals surface area (Å²) in [5.41, 5.74) is -0.813. The minimum atomic E-state index is -4.50. The molecule has 6 nitrogen and oxygen atoms in total. The summed E-state index contributed by atoms with van der Waals surface area (Å²) in [6.07, 6.45) is -3.19. The lowest BCUT2D eigenvalue weighted by Gasteiger charge is -2.08. The van der Waals surface area contributed by atoms with Crippen LogP contribution in [0.25, 0.3) is 5.69 Å². The number of halogens is 4. The molecule has 10 heteroatoms. The lowest BCUT2D eigenvalue weighted by atomic mass is 10.2. The van der Waals surface area contributed by atoms with Crippen molar-refractivity contribution in [1.82, 2.24) is 15.1 Å². The highest BCUT2D eigenvalue weighted by Gasteiger charge is 2.30. The van der Waals surface area contributed by atoms with Gasteiger partial charge in [-0.3, -0.25) is 4.79 Å². The standard InChI is InChI=1S/C20H17F4N3O3/c1-29-17-12-27(15-6-2-4-13(10-15)20(22,23)24)26-18(17)19(28)25-8-9-30-16-7-3-5-14(21)11-16/h2-7,10-12H,8-9H2,1H3,(H,25,28). The maximum Gasteiger partial charge on any atom is 0.416 e. The Bertz CT molecular complexity index is 1030. The van der Waals surface area contributed by atoms with E-state index in [4.69, 9.17) is 9.47 Å². The molecule has 0 unspecified atom stereocenters. The zero-order valence-electron chi connectivity index (χ0n) is 15.7. The number of hydrogen-bond acceptors (Lipinski definition) is 4. The van der Waals surface area contributed by atoms with Crippen LogP contribution in [0.3, 0.4) is 0 Å². The van der Waals surface area contributed by atoms with E-state index >= 15 is 0 Å². The van der Waals surface area contributed by atoms with Gasteiger partial charge in [0.2, 0.25) is 0 Å². The lowest BCUT2D eigenvalue weighted by molar-refractivity contribution is -0.137. The SMILES string of the molecule is COc1cn(-c2cccc(C(F)(F)F)c2)nc1C(=O)NCCOc1cccc(F)c1. The molecule has 0 fully saturated rings. The Hall–Kier alpha value is -3.56. The van der Waals surface area contributed by atoms with Crippen molar-refractivity contribution in [3.8, 4) is 17.2 Å². The number of methoxy groups -OCH3 is 1. The molecule has 0 atom stereocenters. The highest BCUT2D eigenvalue weighted by molar-refractivity contribution is 5.94. The Labute approximate surface area is 169 Å². The van der Waals surface area contributed by atoms with Crippen molar-refractivity contribution >= 4 is 5.91 Å². The Morgan fingerprint density at radius 3 is 2.63 bits per heavy atom. The number of nitrogens with zero attached hydrogens (tertiary/aromatic N) is 2. The summed E-state index contributed by atoms with van der Waals surface area (Å²) in [5, 5.41) is 6.61. The van der Waals surface area contributed by atoms with Gasteiger partial charge in [0.1, 0.15) is 18.2 Å². The van der Waals surface area contributed by atoms with E-state index < -0.39 is 23.5 Å². The second kappa shape index (κ2) is 8.85. The van der Waals surface area contributed by atoms with Crippen molar-refractivity contribution in [2.75, 3.05) is 20.3 Å². The van der Waals surface area contributed by atoms with Gasteiger partial charge in [0.05, 0.1) is 31.1 Å². The molecule has 0 saturated carbocycles. The smallest absolute Gasteiger partial charge is 0.416 e. The van der Waals surface area contributed by atoms with E-state index in [2.05, 4.69) is 10.4 Å². The number of carbonyl (C=O) groups excluding carboxylic acids is 1. The minimum Gasteiger partial charge on any atom is -0.493 e. The van der Waals surface area contributed by atoms with E-state index in [0.717, 1.165) is 16.8 Å². The van der Waals surface area contributed by atoms with Gasteiger partial charge in [-0.15, -0.1) is 0 Å². The largest absolute Gasteiger partial charge is 0.493 e. The first-order valence-corrected chi connectivity index (χ1v) is 8.76. The first kappa shape index (κ1) is 21.2. The van der Waals surface area contributed by atoms with Gasteiger partial charge in [-0.1, -0.05) is 12.1 Å². The molecule has 3 rings (SSSR count). The summed E-state index contributed by atoms with van der Waals surface area (Å²) in [6.45, 7) is 0.167. The van der Waals surface area contributed by atoms with Gasteiger partial charge >= 0.3 is 6.18 Å². The number of ether oxygens (including phenoxy) is 2. The van der Waals surface area contributed by atoms with Crippen LogP contribution >= 0.6 is 0 Å². The number of benzene rings is 2. The number of alkyl halides is 3. The van der Waals surface area contributed by atoms with Crippen LogP contribution in [-0.2, 0) is 6.18 Å². The van der Waals surface area contributed by atoms with Gasteiger partial charge in [0.15, 0.2) is 11.4 Å². The summed E-state index contributed by atoms with van der Waals surface area (Å²) in [4.78, 5) is 12.4. The fraction of sp³-hybridized carbons (Fsp3) is 0.200. The molecule has 0 aliphatic heterocycles. The summed E-state index contributed by atoms with van der Waals surface area (Å²) >= 11 is 0. The molecule has 0 radical (unpaired) electrons. The van der Waals surface area contributed by atoms with E-state index in [1.807, 2.05) is 0 Å². The summed E-state index contributed by atoms with van der Waals surface area (Å²) in [6, 6.07) is 10.1. The van der Waals surface area contributed by atoms with Crippen LogP contribution in [0.2, 0.25) is 0 Å². The average Bonchev–Trinajstić information content (AvgIpc) is 3.15. The molecule has 0 saturated heterocycles. The summed E-state index contributed by atoms with van der Waals surface area (Å²) in [7, 11) is 1.32. The number of rotatable bonds is 7. The Kier molecular flexibility index (Phi) is 6.24. The van der Waals surface area contributed by atoms with Crippen LogP contribution in [0.5, 0.6) is 11.5 Å². The van der Waals surface area contributed by atoms with Crippen LogP contribution in [0.15, 0.2) is 54.7 Å². The van der Waals surface area contributed by atoms with Gasteiger partial charge in [-0.2, -0.15) is 18.3 Å². The molecule has 1 aromatic heterocycles. The summed E-state index contributed by atoms with van der Waals surface area (Å²) in [5.74, 6) is -0.631. The van der Waals surface area contributed by atoms with Crippen LogP contribution in [0.4, 0.5) is 17.6 Å². The zero-order chi connectivity index (χ0) is 21.7. The van der Waals surface area contributed by atoms with Crippen molar-refractivity contribution in [2.45, 2.75) is 6.18 Å². The Morgan fingerprint density at radius 1 is 1.17 bits per heavy atom. The van der Waals surface area contributed by atoms with Crippen molar-refractivity contribution in [3.63, 3.8) is 0 Å². The molecule has 30 heavy (non-hydrogen) atoms. The normalized spacial score (nSPS) is 11.2. The van der Waals surface area contributed by atoms with Crippen molar-refractivity contribution in [1.29, 1.82) is 0 Å². The summed E-state index contributed by atoms with van der Waals surface area (Å²) < 4.78 is 63.5. The fourth-order valence-electron chi connectivity index (χ4n) is 2.60. The van der Waals surface area contributed by atoms with Crippen molar-refractivity contribution in [3.05, 3.63) is 71.8 Å². The maximum absolute atomic E-state index is 13.1. The minimum absolute atomic E-state index is 0.0752. The molecule has 1 heterocycles. The molecule has 1 N–H and O–H groups in total. The van der Waals surface area contributed by atoms with E-state index in [1.165, 1.54) is 43.6 Å². The number of hydrogen-bond donors (Lipinski definition) is 1. The molecular formula is C20H17F4N3O3. The zero-order valence-corrected chi connectivity index (χ0v) is 15.7. The number of carbonyl (C=O) groups is 1. The molecule has 0 aliphatic carbocycles. The average molecular weight is 423 g/mol. The third-order valence-corrected chi connectivity index (χ3v) is 4.01. The quantitative estimate of drug-likeness (QED) is 0.463. The highest BCUT2D eigenvalue weighted by atomic mass is 19.4. The van der Waals surface area contributed by atoms with Crippen LogP contribution < -0.4 is 14.8 Å². The number of amides is 1. The third kappa shape index (κ3) is 5.07. The van der Waals surface area contributed by atoms with Crippen LogP contribution in [0.1, 0.15) is 16.1 Å². The van der Waals surface area contributed by atoms with Crippen LogP contribution in [0, 0.1) is 5.82 Å². The van der Waals surface area contributed by atoms with E-state index in [0.29, 0.717) is 5.75 Å². The molecule has 0 bridgehead atoms. The molecule has 0 aliphatic rings. The first-order chi connectivity index (χ1) is 14.3. The lowest BCUT2D eigenvalue weighted by Crippen LogP contribution is -2.28. The molecular weight excluding hydrogens is 406 g/mol. The second-order valence-corrected chi connectivity index (χ2v) is 6.10. The van der Waals surface area contributed by atoms with Gasteiger partial charge in [-0.05, 0) is 30.3 Å². The van der Waals surface area contributed by atoms with Crippen molar-refractivity contribution < 1.29 is 31.8 Å². The Balaban J connectivity index is 1.67. The molecule has 158 valence electrons. The van der Waals surface area contributed by atoms with Gasteiger partial charge in [0, 0.05) is 6.07 Å². The highest BCUT2D eigenvalue weighted by Crippen LogP contribution is 2.30. The Morgan fingerprint density at radius 2 is 1.93 bits per heavy atom. The van der Waals surface area contributed by atoms with E-state index in [-0.39, 0.29) is 30.3 Å². The predicted octanol–water partition coefficient (Wildman–Crippen LogP) is 3.85. The van der Waals surface area contributed by atoms with Crippen molar-refractivity contribution in [2.24, 2.45) is 0 Å². The number of nitrogens with one attached hydrogen (secondary N) is 1. The van der Waals surface area contributed by atoms with Gasteiger partial charge < -0.3 is 14.8 Å². The molecule has 1 amide bonds. The van der Waals surface area contributed by atoms with Gasteiger partial charge in [0.25, 0.3) is 5.91 Å². The second-order valence-electron chi connectivity index (χ2n) is 6.10. The topological polar surface area (TPSA) is 65.4 Å². The monoisotopic (exact) mass is 423 g/mol. The van der Waals surface area contributed by atoms with Gasteiger partial charge in [-0.25, -0.2) is 9.07 Å². The van der Waals surface area contributed by atoms with E-state index in [9.17, 15) is 22.4 Å². The fourth-order valence-corrected chi connectivity index (χ4v) is 2.60. The van der Waals surface area contributed by atoms with E-state index in [1.54, 1.807) is 6.07 Å². The first-order valence-electron chi connectivity index (χ1n) is 8.76. The molecule has 0 spiro atoms. The predicted molar refractivity (Wildman–Crippen MR) is 99.3 cm³/mol. The maximum atomic E-state index is 13.1. The molecule has 3 aromatic rings. The van der Waals surface area contributed by atoms with Crippen LogP contribution in [-0.4, -0.2) is 35.9 Å². The third-order valence-electron chi connectivity index (χ3n) is 4.01.